The van der Waals surface area contributed by atoms with Gasteiger partial charge in [-0.15, -0.1) is 0 Å². The van der Waals surface area contributed by atoms with Gasteiger partial charge in [0.2, 0.25) is 23.6 Å². The molecule has 14 heteroatoms. The topological polar surface area (TPSA) is 129 Å². The van der Waals surface area contributed by atoms with Crippen LogP contribution in [0, 0.1) is 0 Å². The van der Waals surface area contributed by atoms with Gasteiger partial charge in [-0.25, -0.2) is 0 Å². The molecular weight excluding hydrogens is 757 g/mol. The highest BCUT2D eigenvalue weighted by Crippen LogP contribution is 2.36. The van der Waals surface area contributed by atoms with Crippen molar-refractivity contribution in [1.29, 1.82) is 0 Å². The van der Waals surface area contributed by atoms with Crippen molar-refractivity contribution in [2.24, 2.45) is 0 Å². The molecule has 0 radical (unpaired) electrons. The molecule has 12 nitrogen and oxygen atoms in total. The van der Waals surface area contributed by atoms with Crippen LogP contribution in [0.5, 0.6) is 0 Å². The van der Waals surface area contributed by atoms with Crippen LogP contribution in [-0.4, -0.2) is 123 Å². The summed E-state index contributed by atoms with van der Waals surface area (Å²) >= 11 is 2.97. The lowest BCUT2D eigenvalue weighted by molar-refractivity contribution is -0.124. The fourth-order valence-corrected chi connectivity index (χ4v) is 8.41. The summed E-state index contributed by atoms with van der Waals surface area (Å²) in [7, 11) is 4.24. The van der Waals surface area contributed by atoms with Gasteiger partial charge < -0.3 is 40.9 Å². The van der Waals surface area contributed by atoms with Gasteiger partial charge in [0.05, 0.1) is 11.4 Å². The molecule has 0 saturated carbocycles. The Hall–Kier alpha value is -4.70. The maximum absolute atomic E-state index is 13.0. The lowest BCUT2D eigenvalue weighted by Gasteiger charge is -2.32. The first-order valence-electron chi connectivity index (χ1n) is 19.4. The third kappa shape index (κ3) is 13.7. The molecule has 4 N–H and O–H groups in total. The second-order valence-electron chi connectivity index (χ2n) is 14.4. The number of nitrogens with one attached hydrogen (secondary N) is 4. The van der Waals surface area contributed by atoms with Crippen molar-refractivity contribution in [3.63, 3.8) is 0 Å². The Morgan fingerprint density at radius 2 is 0.895 bits per heavy atom. The minimum absolute atomic E-state index is 0.0231. The van der Waals surface area contributed by atoms with Gasteiger partial charge in [0.25, 0.3) is 0 Å². The number of hydrogen-bond donors (Lipinski definition) is 4. The molecule has 2 aliphatic heterocycles. The van der Waals surface area contributed by atoms with Crippen molar-refractivity contribution < 1.29 is 19.2 Å². The monoisotopic (exact) mass is 808 g/mol. The predicted octanol–water partition coefficient (Wildman–Crippen LogP) is 6.11. The Kier molecular flexibility index (Phi) is 15.6. The van der Waals surface area contributed by atoms with E-state index in [0.29, 0.717) is 24.2 Å². The first kappa shape index (κ1) is 41.9. The summed E-state index contributed by atoms with van der Waals surface area (Å²) in [6.45, 7) is 9.41. The molecule has 0 unspecified atom stereocenters. The number of anilines is 4. The fraction of sp³-hybridized carbons (Fsp3) is 0.349. The van der Waals surface area contributed by atoms with E-state index >= 15 is 0 Å². The number of carbonyl (C=O) groups is 4. The molecule has 4 aromatic rings. The van der Waals surface area contributed by atoms with Gasteiger partial charge in [-0.2, -0.15) is 0 Å². The Balaban J connectivity index is 0.965. The number of para-hydroxylation sites is 2. The van der Waals surface area contributed by atoms with E-state index in [-0.39, 0.29) is 18.2 Å². The molecule has 2 aliphatic rings. The molecule has 0 aliphatic carbocycles. The van der Waals surface area contributed by atoms with Gasteiger partial charge in [-0.1, -0.05) is 59.9 Å². The smallest absolute Gasteiger partial charge is 0.233 e. The number of amides is 4. The summed E-state index contributed by atoms with van der Waals surface area (Å²) in [6, 6.07) is 30.2. The van der Waals surface area contributed by atoms with E-state index in [2.05, 4.69) is 55.0 Å². The number of carbonyl (C=O) groups excluding carboxylic acids is 4. The average molecular weight is 809 g/mol. The molecule has 2 saturated heterocycles. The van der Waals surface area contributed by atoms with Gasteiger partial charge in [0, 0.05) is 109 Å². The number of benzene rings is 4. The number of nitrogens with zero attached hydrogens (tertiary/aromatic N) is 4. The standard InChI is InChI=1S/C43H52N8O4S2/c1-48-21-25-50(26-22-48)19-17-40(52)46-36-13-3-5-15-38(36)56-34-11-7-9-32(29-34)44-42(54)31-43(55)45-33-10-8-12-35(30-33)57-39-16-6-4-14-37(39)47-41(53)18-20-51-27-23-49(2)24-28-51/h3-16,29-30H,17-28,31H2,1-2H3,(H,44,54)(H,45,55)(H,46,52)(H,47,53). The van der Waals surface area contributed by atoms with Gasteiger partial charge in [0.1, 0.15) is 6.42 Å². The van der Waals surface area contributed by atoms with Crippen LogP contribution in [0.3, 0.4) is 0 Å². The van der Waals surface area contributed by atoms with E-state index in [0.717, 1.165) is 96.4 Å². The third-order valence-corrected chi connectivity index (χ3v) is 12.0. The molecule has 4 aromatic carbocycles. The molecule has 0 aromatic heterocycles. The summed E-state index contributed by atoms with van der Waals surface area (Å²) in [6.07, 6.45) is 0.492. The minimum atomic E-state index is -0.439. The van der Waals surface area contributed by atoms with E-state index in [1.54, 1.807) is 12.1 Å². The molecule has 2 fully saturated rings. The van der Waals surface area contributed by atoms with Crippen LogP contribution in [0.1, 0.15) is 19.3 Å². The van der Waals surface area contributed by atoms with E-state index in [9.17, 15) is 19.2 Å². The zero-order valence-corrected chi connectivity index (χ0v) is 34.3. The van der Waals surface area contributed by atoms with Crippen LogP contribution in [0.2, 0.25) is 0 Å². The van der Waals surface area contributed by atoms with Crippen LogP contribution in [-0.2, 0) is 19.2 Å². The molecule has 0 atom stereocenters. The quantitative estimate of drug-likeness (QED) is 0.0986. The number of likely N-dealkylation sites (N-methyl/N-ethyl adjacent to an activating group) is 2. The average Bonchev–Trinajstić information content (AvgIpc) is 3.19. The normalized spacial score (nSPS) is 15.5. The summed E-state index contributed by atoms with van der Waals surface area (Å²) in [5, 5.41) is 11.8. The largest absolute Gasteiger partial charge is 0.326 e. The van der Waals surface area contributed by atoms with Crippen molar-refractivity contribution >= 4 is 69.9 Å². The lowest BCUT2D eigenvalue weighted by atomic mass is 10.2. The van der Waals surface area contributed by atoms with Gasteiger partial charge in [-0.3, -0.25) is 19.2 Å². The van der Waals surface area contributed by atoms with Gasteiger partial charge in [0.15, 0.2) is 0 Å². The van der Waals surface area contributed by atoms with Crippen molar-refractivity contribution in [3.8, 4) is 0 Å². The van der Waals surface area contributed by atoms with Crippen molar-refractivity contribution in [2.75, 3.05) is 101 Å². The molecule has 300 valence electrons. The summed E-state index contributed by atoms with van der Waals surface area (Å²) < 4.78 is 0. The molecule has 0 bridgehead atoms. The Bertz CT molecular complexity index is 1860. The third-order valence-electron chi connectivity index (χ3n) is 9.84. The van der Waals surface area contributed by atoms with E-state index < -0.39 is 11.8 Å². The molecule has 57 heavy (non-hydrogen) atoms. The van der Waals surface area contributed by atoms with Crippen molar-refractivity contribution in [1.82, 2.24) is 19.6 Å². The fourth-order valence-electron chi connectivity index (χ4n) is 6.49. The van der Waals surface area contributed by atoms with Crippen LogP contribution in [0.15, 0.2) is 117 Å². The first-order chi connectivity index (χ1) is 27.6. The zero-order valence-electron chi connectivity index (χ0n) is 32.7. The second-order valence-corrected chi connectivity index (χ2v) is 16.6. The molecule has 4 amide bonds. The number of piperazine rings is 2. The Morgan fingerprint density at radius 3 is 1.32 bits per heavy atom. The van der Waals surface area contributed by atoms with Gasteiger partial charge >= 0.3 is 0 Å². The highest BCUT2D eigenvalue weighted by molar-refractivity contribution is 7.99. The SMILES string of the molecule is CN1CCN(CCC(=O)Nc2ccccc2Sc2cccc(NC(=O)CC(=O)Nc3cccc(Sc4ccccc4NC(=O)CCN4CCN(C)CC4)c3)c2)CC1. The van der Waals surface area contributed by atoms with E-state index in [1.165, 1.54) is 23.5 Å². The van der Waals surface area contributed by atoms with Crippen molar-refractivity contribution in [3.05, 3.63) is 97.1 Å². The van der Waals surface area contributed by atoms with Crippen LogP contribution >= 0.6 is 23.5 Å². The summed E-state index contributed by atoms with van der Waals surface area (Å²) in [5.41, 5.74) is 2.61. The van der Waals surface area contributed by atoms with Crippen molar-refractivity contribution in [2.45, 2.75) is 38.8 Å². The van der Waals surface area contributed by atoms with Gasteiger partial charge in [-0.05, 0) is 74.8 Å². The van der Waals surface area contributed by atoms with Crippen LogP contribution < -0.4 is 21.3 Å². The maximum atomic E-state index is 13.0. The molecule has 0 spiro atoms. The Morgan fingerprint density at radius 1 is 0.491 bits per heavy atom. The summed E-state index contributed by atoms with van der Waals surface area (Å²) in [5.74, 6) is -0.925. The minimum Gasteiger partial charge on any atom is -0.326 e. The number of hydrogen-bond acceptors (Lipinski definition) is 10. The highest BCUT2D eigenvalue weighted by atomic mass is 32.2. The molecular formula is C43H52N8O4S2. The number of rotatable bonds is 16. The first-order valence-corrected chi connectivity index (χ1v) is 21.0. The Labute approximate surface area is 344 Å². The second kappa shape index (κ2) is 21.2. The maximum Gasteiger partial charge on any atom is 0.233 e. The van der Waals surface area contributed by atoms with Crippen LogP contribution in [0.4, 0.5) is 22.7 Å². The van der Waals surface area contributed by atoms with Crippen LogP contribution in [0.25, 0.3) is 0 Å². The predicted molar refractivity (Wildman–Crippen MR) is 230 cm³/mol. The molecule has 2 heterocycles. The summed E-state index contributed by atoms with van der Waals surface area (Å²) in [4.78, 5) is 64.4. The highest BCUT2D eigenvalue weighted by Gasteiger charge is 2.18. The lowest BCUT2D eigenvalue weighted by Crippen LogP contribution is -2.45. The zero-order chi connectivity index (χ0) is 40.0. The van der Waals surface area contributed by atoms with E-state index in [1.807, 2.05) is 84.9 Å². The molecule has 6 rings (SSSR count). The van der Waals surface area contributed by atoms with E-state index in [4.69, 9.17) is 0 Å².